The van der Waals surface area contributed by atoms with E-state index in [1.54, 1.807) is 49.6 Å². The molecule has 8 nitrogen and oxygen atoms in total. The van der Waals surface area contributed by atoms with E-state index >= 15 is 0 Å². The molecule has 1 fully saturated rings. The fourth-order valence-corrected chi connectivity index (χ4v) is 4.52. The smallest absolute Gasteiger partial charge is 0.295 e. The number of nitrogens with zero attached hydrogens (tertiary/aromatic N) is 2. The van der Waals surface area contributed by atoms with E-state index in [9.17, 15) is 14.7 Å². The molecule has 1 amide bonds. The largest absolute Gasteiger partial charge is 0.507 e. The summed E-state index contributed by atoms with van der Waals surface area (Å²) in [5.41, 5.74) is 1.02. The van der Waals surface area contributed by atoms with Crippen LogP contribution in [0.25, 0.3) is 5.76 Å². The van der Waals surface area contributed by atoms with Gasteiger partial charge in [-0.15, -0.1) is 0 Å². The van der Waals surface area contributed by atoms with E-state index in [1.165, 1.54) is 12.0 Å². The van der Waals surface area contributed by atoms with Gasteiger partial charge in [-0.05, 0) is 75.4 Å². The zero-order valence-corrected chi connectivity index (χ0v) is 21.7. The Labute approximate surface area is 213 Å². The fraction of sp³-hybridized carbons (Fsp3) is 0.429. The summed E-state index contributed by atoms with van der Waals surface area (Å²) in [5, 5.41) is 11.3. The third-order valence-electron chi connectivity index (χ3n) is 6.48. The average molecular weight is 497 g/mol. The first-order valence-electron chi connectivity index (χ1n) is 12.4. The third-order valence-corrected chi connectivity index (χ3v) is 6.48. The van der Waals surface area contributed by atoms with Crippen LogP contribution in [0.5, 0.6) is 17.2 Å². The summed E-state index contributed by atoms with van der Waals surface area (Å²) >= 11 is 0. The van der Waals surface area contributed by atoms with Crippen molar-refractivity contribution in [3.63, 3.8) is 0 Å². The molecule has 3 rings (SSSR count). The number of aliphatic hydroxyl groups is 1. The Morgan fingerprint density at radius 1 is 0.972 bits per heavy atom. The van der Waals surface area contributed by atoms with E-state index in [4.69, 9.17) is 14.2 Å². The minimum Gasteiger partial charge on any atom is -0.507 e. The lowest BCUT2D eigenvalue weighted by Gasteiger charge is -2.28. The molecular weight excluding hydrogens is 460 g/mol. The van der Waals surface area contributed by atoms with Crippen LogP contribution in [0.1, 0.15) is 44.4 Å². The van der Waals surface area contributed by atoms with E-state index in [-0.39, 0.29) is 11.3 Å². The van der Waals surface area contributed by atoms with Crippen LogP contribution in [-0.2, 0) is 9.59 Å². The number of likely N-dealkylation sites (tertiary alicyclic amines) is 1. The zero-order chi connectivity index (χ0) is 26.2. The van der Waals surface area contributed by atoms with Crippen molar-refractivity contribution in [2.45, 2.75) is 33.2 Å². The maximum absolute atomic E-state index is 13.3. The molecule has 1 saturated heterocycles. The van der Waals surface area contributed by atoms with Gasteiger partial charge in [0.05, 0.1) is 32.4 Å². The Kier molecular flexibility index (Phi) is 9.36. The third kappa shape index (κ3) is 5.65. The minimum atomic E-state index is -0.821. The quantitative estimate of drug-likeness (QED) is 0.267. The molecule has 1 atom stereocenters. The van der Waals surface area contributed by atoms with Crippen LogP contribution in [0.3, 0.4) is 0 Å². The second kappa shape index (κ2) is 12.4. The lowest BCUT2D eigenvalue weighted by atomic mass is 9.94. The highest BCUT2D eigenvalue weighted by molar-refractivity contribution is 6.46. The first-order chi connectivity index (χ1) is 17.4. The second-order valence-corrected chi connectivity index (χ2v) is 8.44. The van der Waals surface area contributed by atoms with Crippen molar-refractivity contribution in [1.82, 2.24) is 9.80 Å². The summed E-state index contributed by atoms with van der Waals surface area (Å²) < 4.78 is 16.5. The summed E-state index contributed by atoms with van der Waals surface area (Å²) in [6.07, 6.45) is 0.681. The number of ketones is 1. The summed E-state index contributed by atoms with van der Waals surface area (Å²) in [5.74, 6) is 0.0973. The number of ether oxygens (including phenoxy) is 3. The van der Waals surface area contributed by atoms with Gasteiger partial charge in [-0.25, -0.2) is 0 Å². The minimum absolute atomic E-state index is 0.0264. The molecule has 194 valence electrons. The van der Waals surface area contributed by atoms with Gasteiger partial charge in [-0.1, -0.05) is 13.8 Å². The number of rotatable bonds is 12. The first-order valence-corrected chi connectivity index (χ1v) is 12.4. The fourth-order valence-electron chi connectivity index (χ4n) is 4.52. The highest BCUT2D eigenvalue weighted by Crippen LogP contribution is 2.44. The van der Waals surface area contributed by atoms with Crippen molar-refractivity contribution in [3.8, 4) is 17.2 Å². The number of hydrogen-bond acceptors (Lipinski definition) is 7. The van der Waals surface area contributed by atoms with Crippen molar-refractivity contribution in [3.05, 3.63) is 59.2 Å². The summed E-state index contributed by atoms with van der Waals surface area (Å²) in [6, 6.07) is 11.2. The average Bonchev–Trinajstić information content (AvgIpc) is 3.15. The Morgan fingerprint density at radius 3 is 2.22 bits per heavy atom. The molecule has 0 aromatic heterocycles. The zero-order valence-electron chi connectivity index (χ0n) is 21.7. The van der Waals surface area contributed by atoms with Gasteiger partial charge in [0.2, 0.25) is 0 Å². The molecule has 1 unspecified atom stereocenters. The number of amides is 1. The van der Waals surface area contributed by atoms with Crippen LogP contribution in [-0.4, -0.2) is 73.6 Å². The molecule has 2 aromatic carbocycles. The van der Waals surface area contributed by atoms with E-state index in [1.807, 2.05) is 6.92 Å². The molecule has 1 N–H and O–H groups in total. The number of Topliss-reactive ketones (excluding diaryl/α,β-unsaturated/α-hetero) is 1. The topological polar surface area (TPSA) is 88.5 Å². The Morgan fingerprint density at radius 2 is 1.64 bits per heavy atom. The Balaban J connectivity index is 2.11. The highest BCUT2D eigenvalue weighted by Gasteiger charge is 2.47. The SMILES string of the molecule is CCOc1ccc(/C(O)=C2/C(=O)C(=O)N(CCCN(CC)CC)C2c2cc(OC)ccc2OC)cc1. The maximum Gasteiger partial charge on any atom is 0.295 e. The molecule has 1 heterocycles. The van der Waals surface area contributed by atoms with Gasteiger partial charge in [0, 0.05) is 17.7 Å². The monoisotopic (exact) mass is 496 g/mol. The van der Waals surface area contributed by atoms with Crippen molar-refractivity contribution in [2.24, 2.45) is 0 Å². The summed E-state index contributed by atoms with van der Waals surface area (Å²) in [4.78, 5) is 30.4. The van der Waals surface area contributed by atoms with Crippen LogP contribution in [0.4, 0.5) is 0 Å². The van der Waals surface area contributed by atoms with Crippen LogP contribution < -0.4 is 14.2 Å². The van der Waals surface area contributed by atoms with E-state index < -0.39 is 17.7 Å². The Hall–Kier alpha value is -3.52. The van der Waals surface area contributed by atoms with E-state index in [0.29, 0.717) is 47.9 Å². The van der Waals surface area contributed by atoms with Gasteiger partial charge in [-0.2, -0.15) is 0 Å². The number of benzene rings is 2. The molecular formula is C28H36N2O6. The molecule has 1 aliphatic heterocycles. The standard InChI is InChI=1S/C28H36N2O6/c1-6-29(7-2)16-9-17-30-25(22-18-21(34-4)14-15-23(22)35-5)24(27(32)28(30)33)26(31)19-10-12-20(13-11-19)36-8-3/h10-15,18,25,31H,6-9,16-17H2,1-5H3/b26-24-. The molecule has 36 heavy (non-hydrogen) atoms. The molecule has 0 spiro atoms. The summed E-state index contributed by atoms with van der Waals surface area (Å²) in [6.45, 7) is 9.53. The van der Waals surface area contributed by atoms with Crippen molar-refractivity contribution in [2.75, 3.05) is 47.0 Å². The van der Waals surface area contributed by atoms with Crippen molar-refractivity contribution in [1.29, 1.82) is 0 Å². The molecule has 0 bridgehead atoms. The lowest BCUT2D eigenvalue weighted by Crippen LogP contribution is -2.33. The van der Waals surface area contributed by atoms with Crippen LogP contribution in [0.2, 0.25) is 0 Å². The molecule has 2 aromatic rings. The number of hydrogen-bond donors (Lipinski definition) is 1. The van der Waals surface area contributed by atoms with Gasteiger partial charge < -0.3 is 29.1 Å². The Bertz CT molecular complexity index is 1090. The normalized spacial score (nSPS) is 17.1. The highest BCUT2D eigenvalue weighted by atomic mass is 16.5. The number of carbonyl (C=O) groups excluding carboxylic acids is 2. The van der Waals surface area contributed by atoms with Crippen LogP contribution in [0.15, 0.2) is 48.0 Å². The number of aliphatic hydroxyl groups excluding tert-OH is 1. The van der Waals surface area contributed by atoms with Gasteiger partial charge in [-0.3, -0.25) is 9.59 Å². The predicted octanol–water partition coefficient (Wildman–Crippen LogP) is 4.26. The van der Waals surface area contributed by atoms with E-state index in [0.717, 1.165) is 19.6 Å². The molecule has 0 radical (unpaired) electrons. The van der Waals surface area contributed by atoms with E-state index in [2.05, 4.69) is 18.7 Å². The predicted molar refractivity (Wildman–Crippen MR) is 139 cm³/mol. The van der Waals surface area contributed by atoms with Crippen molar-refractivity contribution >= 4 is 17.4 Å². The lowest BCUT2D eigenvalue weighted by molar-refractivity contribution is -0.140. The van der Waals surface area contributed by atoms with Gasteiger partial charge >= 0.3 is 0 Å². The second-order valence-electron chi connectivity index (χ2n) is 8.44. The molecule has 0 aliphatic carbocycles. The van der Waals surface area contributed by atoms with Crippen LogP contribution in [0, 0.1) is 0 Å². The number of methoxy groups -OCH3 is 2. The van der Waals surface area contributed by atoms with Gasteiger partial charge in [0.1, 0.15) is 23.0 Å². The first kappa shape index (κ1) is 27.1. The molecule has 8 heteroatoms. The van der Waals surface area contributed by atoms with Crippen LogP contribution >= 0.6 is 0 Å². The molecule has 1 aliphatic rings. The van der Waals surface area contributed by atoms with Gasteiger partial charge in [0.25, 0.3) is 11.7 Å². The number of carbonyl (C=O) groups is 2. The summed E-state index contributed by atoms with van der Waals surface area (Å²) in [7, 11) is 3.08. The van der Waals surface area contributed by atoms with Gasteiger partial charge in [0.15, 0.2) is 0 Å². The van der Waals surface area contributed by atoms with Crippen molar-refractivity contribution < 1.29 is 28.9 Å². The maximum atomic E-state index is 13.3. The molecule has 0 saturated carbocycles.